The van der Waals surface area contributed by atoms with Gasteiger partial charge in [-0.05, 0) is 56.9 Å². The number of benzene rings is 3. The first kappa shape index (κ1) is 27.4. The lowest BCUT2D eigenvalue weighted by Gasteiger charge is -2.16. The maximum atomic E-state index is 12.7. The molecule has 206 valence electrons. The van der Waals surface area contributed by atoms with Crippen molar-refractivity contribution in [3.8, 4) is 11.8 Å². The van der Waals surface area contributed by atoms with Gasteiger partial charge in [-0.15, -0.1) is 0 Å². The SMILES string of the molecule is CCOc1cc2ncc(C#N)c(Nc3ccc4c(ccn4Cc4ccccc4)c3)c2cc1NC(=O)/C=C/CN(C)C. The summed E-state index contributed by atoms with van der Waals surface area (Å²) in [5.41, 5.74) is 5.35. The van der Waals surface area contributed by atoms with Gasteiger partial charge in [0.15, 0.2) is 0 Å². The Balaban J connectivity index is 1.49. The van der Waals surface area contributed by atoms with Crippen LogP contribution < -0.4 is 15.4 Å². The second-order valence-corrected chi connectivity index (χ2v) is 9.94. The van der Waals surface area contributed by atoms with Crippen molar-refractivity contribution in [3.05, 3.63) is 102 Å². The highest BCUT2D eigenvalue weighted by Crippen LogP contribution is 2.36. The summed E-state index contributed by atoms with van der Waals surface area (Å²) in [5.74, 6) is 0.246. The highest BCUT2D eigenvalue weighted by molar-refractivity contribution is 6.05. The molecule has 0 fully saturated rings. The zero-order valence-electron chi connectivity index (χ0n) is 23.4. The first-order chi connectivity index (χ1) is 19.9. The lowest BCUT2D eigenvalue weighted by Crippen LogP contribution is -2.13. The van der Waals surface area contributed by atoms with Gasteiger partial charge in [0.2, 0.25) is 5.91 Å². The number of hydrogen-bond donors (Lipinski definition) is 2. The summed E-state index contributed by atoms with van der Waals surface area (Å²) >= 11 is 0. The Hall–Kier alpha value is -5.13. The summed E-state index contributed by atoms with van der Waals surface area (Å²) < 4.78 is 8.04. The molecule has 0 saturated carbocycles. The first-order valence-electron chi connectivity index (χ1n) is 13.5. The lowest BCUT2D eigenvalue weighted by atomic mass is 10.1. The van der Waals surface area contributed by atoms with Gasteiger partial charge in [0, 0.05) is 59.6 Å². The molecule has 0 unspecified atom stereocenters. The molecule has 5 aromatic rings. The summed E-state index contributed by atoms with van der Waals surface area (Å²) in [4.78, 5) is 19.1. The largest absolute Gasteiger partial charge is 0.492 e. The van der Waals surface area contributed by atoms with Crippen molar-refractivity contribution in [3.63, 3.8) is 0 Å². The number of amides is 1. The number of fused-ring (bicyclic) bond motifs is 2. The van der Waals surface area contributed by atoms with Crippen molar-refractivity contribution in [1.29, 1.82) is 5.26 Å². The van der Waals surface area contributed by atoms with E-state index in [4.69, 9.17) is 4.74 Å². The van der Waals surface area contributed by atoms with Gasteiger partial charge in [-0.2, -0.15) is 5.26 Å². The zero-order valence-corrected chi connectivity index (χ0v) is 23.4. The van der Waals surface area contributed by atoms with E-state index in [0.717, 1.165) is 23.1 Å². The summed E-state index contributed by atoms with van der Waals surface area (Å²) in [6.07, 6.45) is 6.93. The molecule has 0 aliphatic heterocycles. The molecule has 8 heteroatoms. The fourth-order valence-electron chi connectivity index (χ4n) is 4.70. The van der Waals surface area contributed by atoms with Crippen molar-refractivity contribution in [2.45, 2.75) is 13.5 Å². The second kappa shape index (κ2) is 12.4. The van der Waals surface area contributed by atoms with Gasteiger partial charge in [0.25, 0.3) is 0 Å². The van der Waals surface area contributed by atoms with Gasteiger partial charge in [-0.25, -0.2) is 0 Å². The number of nitrogens with zero attached hydrogens (tertiary/aromatic N) is 4. The molecule has 41 heavy (non-hydrogen) atoms. The van der Waals surface area contributed by atoms with Gasteiger partial charge < -0.3 is 24.8 Å². The molecular weight excluding hydrogens is 512 g/mol. The van der Waals surface area contributed by atoms with Gasteiger partial charge in [0.05, 0.1) is 29.1 Å². The van der Waals surface area contributed by atoms with Crippen LogP contribution in [0.25, 0.3) is 21.8 Å². The molecular formula is C33H32N6O2. The maximum Gasteiger partial charge on any atom is 0.248 e. The quantitative estimate of drug-likeness (QED) is 0.200. The number of pyridine rings is 1. The van der Waals surface area contributed by atoms with Gasteiger partial charge in [-0.3, -0.25) is 9.78 Å². The summed E-state index contributed by atoms with van der Waals surface area (Å²) in [5, 5.41) is 18.1. The molecule has 0 aliphatic rings. The summed E-state index contributed by atoms with van der Waals surface area (Å²) in [7, 11) is 3.87. The van der Waals surface area contributed by atoms with Crippen LogP contribution in [-0.4, -0.2) is 47.6 Å². The Bertz CT molecular complexity index is 1770. The van der Waals surface area contributed by atoms with Crippen LogP contribution in [0.1, 0.15) is 18.1 Å². The number of nitriles is 1. The van der Waals surface area contributed by atoms with E-state index in [1.165, 1.54) is 11.6 Å². The first-order valence-corrected chi connectivity index (χ1v) is 13.5. The Morgan fingerprint density at radius 2 is 1.95 bits per heavy atom. The minimum absolute atomic E-state index is 0.267. The molecule has 8 nitrogen and oxygen atoms in total. The van der Waals surface area contributed by atoms with E-state index in [0.29, 0.717) is 46.7 Å². The van der Waals surface area contributed by atoms with E-state index in [1.54, 1.807) is 18.3 Å². The Morgan fingerprint density at radius 1 is 1.12 bits per heavy atom. The number of ether oxygens (including phenoxy) is 1. The number of aromatic nitrogens is 2. The highest BCUT2D eigenvalue weighted by Gasteiger charge is 2.16. The van der Waals surface area contributed by atoms with Gasteiger partial charge in [-0.1, -0.05) is 36.4 Å². The standard InChI is InChI=1S/C33H32N6O2/c1-4-41-31-19-28-27(18-29(31)37-32(40)11-8-15-38(2)3)33(25(20-34)21-35-28)36-26-12-13-30-24(17-26)14-16-39(30)22-23-9-6-5-7-10-23/h5-14,16-19,21H,4,15,22H2,1-3H3,(H,35,36)(H,37,40)/b11-8+. The monoisotopic (exact) mass is 544 g/mol. The van der Waals surface area contributed by atoms with Crippen LogP contribution in [0.2, 0.25) is 0 Å². The summed E-state index contributed by atoms with van der Waals surface area (Å²) in [6.45, 7) is 3.74. The van der Waals surface area contributed by atoms with E-state index in [1.807, 2.05) is 56.3 Å². The number of hydrogen-bond acceptors (Lipinski definition) is 6. The fourth-order valence-corrected chi connectivity index (χ4v) is 4.70. The van der Waals surface area contributed by atoms with Crippen LogP contribution in [0.5, 0.6) is 5.75 Å². The predicted octanol–water partition coefficient (Wildman–Crippen LogP) is 6.31. The molecule has 0 radical (unpaired) electrons. The van der Waals surface area contributed by atoms with E-state index in [2.05, 4.69) is 62.8 Å². The third-order valence-electron chi connectivity index (χ3n) is 6.62. The normalized spacial score (nSPS) is 11.3. The molecule has 0 spiro atoms. The number of anilines is 3. The molecule has 5 rings (SSSR count). The van der Waals surface area contributed by atoms with E-state index < -0.39 is 0 Å². The number of carbonyl (C=O) groups is 1. The molecule has 2 aromatic heterocycles. The van der Waals surface area contributed by atoms with Gasteiger partial charge in [0.1, 0.15) is 11.8 Å². The van der Waals surface area contributed by atoms with Gasteiger partial charge >= 0.3 is 0 Å². The Labute approximate surface area is 239 Å². The van der Waals surface area contributed by atoms with Crippen LogP contribution in [0.15, 0.2) is 91.3 Å². The molecule has 2 heterocycles. The smallest absolute Gasteiger partial charge is 0.248 e. The third-order valence-corrected chi connectivity index (χ3v) is 6.62. The molecule has 0 saturated heterocycles. The zero-order chi connectivity index (χ0) is 28.8. The fraction of sp³-hybridized carbons (Fsp3) is 0.182. The van der Waals surface area contributed by atoms with Crippen molar-refractivity contribution < 1.29 is 9.53 Å². The van der Waals surface area contributed by atoms with E-state index in [-0.39, 0.29) is 5.91 Å². The third kappa shape index (κ3) is 6.38. The number of rotatable bonds is 10. The minimum atomic E-state index is -0.267. The number of carbonyl (C=O) groups excluding carboxylic acids is 1. The maximum absolute atomic E-state index is 12.7. The van der Waals surface area contributed by atoms with Crippen molar-refractivity contribution >= 4 is 44.8 Å². The molecule has 0 bridgehead atoms. The number of likely N-dealkylation sites (N-methyl/N-ethyl adjacent to an activating group) is 1. The summed E-state index contributed by atoms with van der Waals surface area (Å²) in [6, 6.07) is 24.4. The molecule has 0 aliphatic carbocycles. The van der Waals surface area contributed by atoms with Crippen molar-refractivity contribution in [2.24, 2.45) is 0 Å². The Kier molecular flexibility index (Phi) is 8.28. The van der Waals surface area contributed by atoms with Crippen LogP contribution in [0.4, 0.5) is 17.1 Å². The topological polar surface area (TPSA) is 95.2 Å². The molecule has 2 N–H and O–H groups in total. The van der Waals surface area contributed by atoms with Crippen LogP contribution in [0, 0.1) is 11.3 Å². The van der Waals surface area contributed by atoms with E-state index in [9.17, 15) is 10.1 Å². The molecule has 3 aromatic carbocycles. The average Bonchev–Trinajstić information content (AvgIpc) is 3.36. The van der Waals surface area contributed by atoms with Crippen molar-refractivity contribution in [2.75, 3.05) is 37.9 Å². The van der Waals surface area contributed by atoms with Crippen molar-refractivity contribution in [1.82, 2.24) is 14.5 Å². The Morgan fingerprint density at radius 3 is 2.71 bits per heavy atom. The van der Waals surface area contributed by atoms with Crippen LogP contribution >= 0.6 is 0 Å². The molecule has 1 amide bonds. The van der Waals surface area contributed by atoms with Crippen LogP contribution in [0.3, 0.4) is 0 Å². The molecule has 0 atom stereocenters. The average molecular weight is 545 g/mol. The highest BCUT2D eigenvalue weighted by atomic mass is 16.5. The lowest BCUT2D eigenvalue weighted by molar-refractivity contribution is -0.111. The second-order valence-electron chi connectivity index (χ2n) is 9.94. The van der Waals surface area contributed by atoms with E-state index >= 15 is 0 Å². The minimum Gasteiger partial charge on any atom is -0.492 e. The predicted molar refractivity (Wildman–Crippen MR) is 165 cm³/mol. The number of nitrogens with one attached hydrogen (secondary N) is 2. The van der Waals surface area contributed by atoms with Crippen LogP contribution in [-0.2, 0) is 11.3 Å².